The largest absolute Gasteiger partial charge is 0.508 e. The molecule has 1 N–H and O–H groups in total. The van der Waals surface area contributed by atoms with Crippen molar-refractivity contribution in [3.8, 4) is 5.75 Å². The van der Waals surface area contributed by atoms with Crippen molar-refractivity contribution in [1.82, 2.24) is 0 Å². The van der Waals surface area contributed by atoms with Crippen LogP contribution in [0, 0.1) is 0 Å². The lowest BCUT2D eigenvalue weighted by Gasteiger charge is -2.03. The summed E-state index contributed by atoms with van der Waals surface area (Å²) in [4.78, 5) is 10.7. The minimum atomic E-state index is 0.0288. The summed E-state index contributed by atoms with van der Waals surface area (Å²) in [6.45, 7) is 3.58. The van der Waals surface area contributed by atoms with E-state index in [1.165, 1.54) is 18.6 Å². The number of allylic oxidation sites excluding steroid dienone is 2. The third-order valence-electron chi connectivity index (χ3n) is 2.24. The molecule has 0 bridgehead atoms. The van der Waals surface area contributed by atoms with Gasteiger partial charge in [-0.15, -0.1) is 0 Å². The monoisotopic (exact) mass is 204 g/mol. The maximum Gasteiger partial charge on any atom is 0.152 e. The van der Waals surface area contributed by atoms with Gasteiger partial charge in [-0.1, -0.05) is 25.1 Å². The van der Waals surface area contributed by atoms with Crippen LogP contribution in [0.4, 0.5) is 0 Å². The normalized spacial score (nSPS) is 10.8. The van der Waals surface area contributed by atoms with E-state index in [0.717, 1.165) is 12.0 Å². The van der Waals surface area contributed by atoms with Crippen molar-refractivity contribution in [2.24, 2.45) is 0 Å². The molecular weight excluding hydrogens is 188 g/mol. The number of ketones is 1. The van der Waals surface area contributed by atoms with Crippen LogP contribution < -0.4 is 0 Å². The van der Waals surface area contributed by atoms with Crippen LogP contribution in [0.5, 0.6) is 5.75 Å². The zero-order valence-corrected chi connectivity index (χ0v) is 9.16. The number of benzene rings is 1. The molecule has 0 fully saturated rings. The van der Waals surface area contributed by atoms with Crippen LogP contribution in [0.2, 0.25) is 0 Å². The van der Waals surface area contributed by atoms with Crippen LogP contribution in [0.1, 0.15) is 25.0 Å². The second-order valence-electron chi connectivity index (χ2n) is 3.53. The summed E-state index contributed by atoms with van der Waals surface area (Å²) in [5.41, 5.74) is 2.06. The number of phenolic OH excluding ortho intramolecular Hbond substituents is 1. The van der Waals surface area contributed by atoms with Crippen molar-refractivity contribution in [3.05, 3.63) is 41.5 Å². The molecule has 0 atom stereocenters. The molecule has 0 spiro atoms. The molecule has 1 rings (SSSR count). The van der Waals surface area contributed by atoms with Crippen molar-refractivity contribution in [1.29, 1.82) is 0 Å². The number of carbonyl (C=O) groups is 1. The predicted molar refractivity (Wildman–Crippen MR) is 61.0 cm³/mol. The minimum absolute atomic E-state index is 0.0288. The average Bonchev–Trinajstić information content (AvgIpc) is 2.20. The van der Waals surface area contributed by atoms with Gasteiger partial charge in [0.2, 0.25) is 0 Å². The van der Waals surface area contributed by atoms with Crippen LogP contribution in [0.25, 0.3) is 0 Å². The fourth-order valence-electron chi connectivity index (χ4n) is 1.37. The Morgan fingerprint density at radius 1 is 1.47 bits per heavy atom. The molecule has 0 aliphatic rings. The molecule has 2 heteroatoms. The number of rotatable bonds is 4. The molecule has 0 amide bonds. The topological polar surface area (TPSA) is 37.3 Å². The lowest BCUT2D eigenvalue weighted by molar-refractivity contribution is -0.112. The number of aryl methyl sites for hydroxylation is 1. The molecule has 0 radical (unpaired) electrons. The highest BCUT2D eigenvalue weighted by atomic mass is 16.3. The van der Waals surface area contributed by atoms with Crippen molar-refractivity contribution >= 4 is 5.78 Å². The fraction of sp³-hybridized carbons (Fsp3) is 0.308. The highest BCUT2D eigenvalue weighted by Gasteiger charge is 2.00. The minimum Gasteiger partial charge on any atom is -0.508 e. The number of hydrogen-bond donors (Lipinski definition) is 1. The first-order chi connectivity index (χ1) is 7.13. The fourth-order valence-corrected chi connectivity index (χ4v) is 1.37. The Morgan fingerprint density at radius 3 is 2.80 bits per heavy atom. The Hall–Kier alpha value is -1.57. The highest BCUT2D eigenvalue weighted by Crippen LogP contribution is 2.19. The lowest BCUT2D eigenvalue weighted by Crippen LogP contribution is -1.88. The first-order valence-electron chi connectivity index (χ1n) is 5.11. The van der Waals surface area contributed by atoms with Gasteiger partial charge in [0, 0.05) is 0 Å². The van der Waals surface area contributed by atoms with Crippen molar-refractivity contribution < 1.29 is 9.90 Å². The summed E-state index contributed by atoms with van der Waals surface area (Å²) in [5, 5.41) is 9.58. The standard InChI is InChI=1S/C13H16O2/c1-3-11-7-8-13(15)12(9-11)6-4-5-10(2)14/h4-5,7-9,15H,3,6H2,1-2H3/b5-4+. The lowest BCUT2D eigenvalue weighted by atomic mass is 10.0. The molecule has 0 aromatic heterocycles. The molecule has 0 aliphatic carbocycles. The smallest absolute Gasteiger partial charge is 0.152 e. The van der Waals surface area contributed by atoms with Gasteiger partial charge in [0.15, 0.2) is 5.78 Å². The Balaban J connectivity index is 2.79. The van der Waals surface area contributed by atoms with Gasteiger partial charge in [0.25, 0.3) is 0 Å². The van der Waals surface area contributed by atoms with Crippen molar-refractivity contribution in [2.75, 3.05) is 0 Å². The molecule has 15 heavy (non-hydrogen) atoms. The van der Waals surface area contributed by atoms with Gasteiger partial charge in [-0.05, 0) is 43.0 Å². The Labute approximate surface area is 90.3 Å². The number of phenols is 1. The molecule has 2 nitrogen and oxygen atoms in total. The number of hydrogen-bond acceptors (Lipinski definition) is 2. The van der Waals surface area contributed by atoms with Crippen molar-refractivity contribution in [2.45, 2.75) is 26.7 Å². The quantitative estimate of drug-likeness (QED) is 0.765. The number of aromatic hydroxyl groups is 1. The Kier molecular flexibility index (Phi) is 4.10. The first kappa shape index (κ1) is 11.5. The van der Waals surface area contributed by atoms with Crippen molar-refractivity contribution in [3.63, 3.8) is 0 Å². The van der Waals surface area contributed by atoms with Gasteiger partial charge >= 0.3 is 0 Å². The summed E-state index contributed by atoms with van der Waals surface area (Å²) >= 11 is 0. The van der Waals surface area contributed by atoms with E-state index >= 15 is 0 Å². The summed E-state index contributed by atoms with van der Waals surface area (Å²) in [6.07, 6.45) is 4.85. The first-order valence-corrected chi connectivity index (χ1v) is 5.11. The van der Waals surface area contributed by atoms with Gasteiger partial charge in [-0.25, -0.2) is 0 Å². The highest BCUT2D eigenvalue weighted by molar-refractivity contribution is 5.87. The van der Waals surface area contributed by atoms with Gasteiger partial charge in [-0.2, -0.15) is 0 Å². The van der Waals surface area contributed by atoms with Gasteiger partial charge in [-0.3, -0.25) is 4.79 Å². The van der Waals surface area contributed by atoms with E-state index in [9.17, 15) is 9.90 Å². The summed E-state index contributed by atoms with van der Waals surface area (Å²) in [6, 6.07) is 5.59. The van der Waals surface area contributed by atoms with Gasteiger partial charge in [0.1, 0.15) is 5.75 Å². The summed E-state index contributed by atoms with van der Waals surface area (Å²) in [5.74, 6) is 0.321. The van der Waals surface area contributed by atoms with Gasteiger partial charge < -0.3 is 5.11 Å². The molecular formula is C13H16O2. The second kappa shape index (κ2) is 5.35. The molecule has 0 aliphatic heterocycles. The van der Waals surface area contributed by atoms with E-state index in [0.29, 0.717) is 12.2 Å². The predicted octanol–water partition coefficient (Wildman–Crippen LogP) is 2.64. The van der Waals surface area contributed by atoms with E-state index in [2.05, 4.69) is 6.92 Å². The van der Waals surface area contributed by atoms with Crippen LogP contribution in [-0.4, -0.2) is 10.9 Å². The van der Waals surface area contributed by atoms with E-state index in [1.54, 1.807) is 12.1 Å². The van der Waals surface area contributed by atoms with Crippen LogP contribution in [-0.2, 0) is 17.6 Å². The second-order valence-corrected chi connectivity index (χ2v) is 3.53. The molecule has 1 aromatic rings. The molecule has 1 aromatic carbocycles. The SMILES string of the molecule is CCc1ccc(O)c(C/C=C/C(C)=O)c1. The third-order valence-corrected chi connectivity index (χ3v) is 2.24. The average molecular weight is 204 g/mol. The number of carbonyl (C=O) groups excluding carboxylic acids is 1. The molecule has 0 saturated heterocycles. The van der Waals surface area contributed by atoms with Crippen LogP contribution in [0.3, 0.4) is 0 Å². The van der Waals surface area contributed by atoms with E-state index in [4.69, 9.17) is 0 Å². The maximum atomic E-state index is 10.7. The van der Waals surface area contributed by atoms with E-state index < -0.39 is 0 Å². The molecule has 0 unspecified atom stereocenters. The maximum absolute atomic E-state index is 10.7. The molecule has 0 saturated carbocycles. The third kappa shape index (κ3) is 3.58. The Morgan fingerprint density at radius 2 is 2.20 bits per heavy atom. The van der Waals surface area contributed by atoms with Crippen LogP contribution in [0.15, 0.2) is 30.4 Å². The molecule has 0 heterocycles. The zero-order valence-electron chi connectivity index (χ0n) is 9.16. The van der Waals surface area contributed by atoms with Gasteiger partial charge in [0.05, 0.1) is 0 Å². The van der Waals surface area contributed by atoms with Crippen LogP contribution >= 0.6 is 0 Å². The van der Waals surface area contributed by atoms with E-state index in [1.807, 2.05) is 12.1 Å². The Bertz CT molecular complexity index is 378. The zero-order chi connectivity index (χ0) is 11.3. The molecule has 80 valence electrons. The van der Waals surface area contributed by atoms with E-state index in [-0.39, 0.29) is 5.78 Å². The summed E-state index contributed by atoms with van der Waals surface area (Å²) < 4.78 is 0. The summed E-state index contributed by atoms with van der Waals surface area (Å²) in [7, 11) is 0.